The van der Waals surface area contributed by atoms with Gasteiger partial charge in [-0.3, -0.25) is 4.90 Å². The first-order valence-electron chi connectivity index (χ1n) is 6.52. The third-order valence-corrected chi connectivity index (χ3v) is 2.45. The largest absolute Gasteiger partial charge is 0.491 e. The Bertz CT molecular complexity index is 422. The van der Waals surface area contributed by atoms with Crippen molar-refractivity contribution in [2.45, 2.75) is 26.4 Å². The SMILES string of the molecule is COCCOc1ccc(N(C)C(=O)OC(C)(C)C)cc1. The summed E-state index contributed by atoms with van der Waals surface area (Å²) in [7, 11) is 3.30. The Hall–Kier alpha value is -1.75. The molecule has 0 N–H and O–H groups in total. The predicted molar refractivity (Wildman–Crippen MR) is 78.5 cm³/mol. The maximum atomic E-state index is 11.9. The summed E-state index contributed by atoms with van der Waals surface area (Å²) in [6.07, 6.45) is -0.384. The summed E-state index contributed by atoms with van der Waals surface area (Å²) >= 11 is 0. The number of anilines is 1. The van der Waals surface area contributed by atoms with E-state index < -0.39 is 5.60 Å². The number of methoxy groups -OCH3 is 1. The summed E-state index contributed by atoms with van der Waals surface area (Å²) < 4.78 is 15.7. The van der Waals surface area contributed by atoms with Crippen molar-refractivity contribution in [2.24, 2.45) is 0 Å². The molecular weight excluding hydrogens is 258 g/mol. The van der Waals surface area contributed by atoms with Gasteiger partial charge in [-0.2, -0.15) is 0 Å². The summed E-state index contributed by atoms with van der Waals surface area (Å²) in [6.45, 7) is 6.56. The molecule has 20 heavy (non-hydrogen) atoms. The van der Waals surface area contributed by atoms with Gasteiger partial charge in [0.1, 0.15) is 18.0 Å². The first-order chi connectivity index (χ1) is 9.33. The number of benzene rings is 1. The molecule has 0 aliphatic heterocycles. The number of amides is 1. The summed E-state index contributed by atoms with van der Waals surface area (Å²) in [4.78, 5) is 13.4. The molecule has 0 unspecified atom stereocenters. The smallest absolute Gasteiger partial charge is 0.414 e. The lowest BCUT2D eigenvalue weighted by Gasteiger charge is -2.24. The lowest BCUT2D eigenvalue weighted by Crippen LogP contribution is -2.34. The minimum absolute atomic E-state index is 0.384. The second-order valence-corrected chi connectivity index (χ2v) is 5.37. The Morgan fingerprint density at radius 2 is 1.75 bits per heavy atom. The van der Waals surface area contributed by atoms with Crippen LogP contribution in [0, 0.1) is 0 Å². The first kappa shape index (κ1) is 16.3. The van der Waals surface area contributed by atoms with E-state index in [1.165, 1.54) is 4.90 Å². The van der Waals surface area contributed by atoms with E-state index in [2.05, 4.69) is 0 Å². The molecule has 0 fully saturated rings. The Balaban J connectivity index is 2.61. The highest BCUT2D eigenvalue weighted by Crippen LogP contribution is 2.20. The molecule has 5 nitrogen and oxygen atoms in total. The van der Waals surface area contributed by atoms with Crippen LogP contribution in [0.15, 0.2) is 24.3 Å². The number of ether oxygens (including phenoxy) is 3. The summed E-state index contributed by atoms with van der Waals surface area (Å²) in [5, 5.41) is 0. The quantitative estimate of drug-likeness (QED) is 0.778. The van der Waals surface area contributed by atoms with Crippen LogP contribution in [0.3, 0.4) is 0 Å². The third-order valence-electron chi connectivity index (χ3n) is 2.45. The molecule has 0 aliphatic rings. The number of nitrogens with zero attached hydrogens (tertiary/aromatic N) is 1. The van der Waals surface area contributed by atoms with Crippen LogP contribution in [-0.2, 0) is 9.47 Å². The number of hydrogen-bond acceptors (Lipinski definition) is 4. The maximum absolute atomic E-state index is 11.9. The Morgan fingerprint density at radius 3 is 2.25 bits per heavy atom. The fourth-order valence-corrected chi connectivity index (χ4v) is 1.44. The zero-order valence-corrected chi connectivity index (χ0v) is 12.8. The van der Waals surface area contributed by atoms with Gasteiger partial charge in [0.05, 0.1) is 6.61 Å². The van der Waals surface area contributed by atoms with Crippen LogP contribution >= 0.6 is 0 Å². The number of hydrogen-bond donors (Lipinski definition) is 0. The average molecular weight is 281 g/mol. The second-order valence-electron chi connectivity index (χ2n) is 5.37. The fourth-order valence-electron chi connectivity index (χ4n) is 1.44. The molecule has 5 heteroatoms. The van der Waals surface area contributed by atoms with E-state index >= 15 is 0 Å². The van der Waals surface area contributed by atoms with Gasteiger partial charge in [-0.1, -0.05) is 0 Å². The van der Waals surface area contributed by atoms with E-state index in [4.69, 9.17) is 14.2 Å². The molecule has 0 saturated carbocycles. The van der Waals surface area contributed by atoms with Crippen LogP contribution in [0.5, 0.6) is 5.75 Å². The Labute approximate surface area is 120 Å². The topological polar surface area (TPSA) is 48.0 Å². The monoisotopic (exact) mass is 281 g/mol. The van der Waals surface area contributed by atoms with Gasteiger partial charge in [0, 0.05) is 19.8 Å². The number of carbonyl (C=O) groups is 1. The van der Waals surface area contributed by atoms with Gasteiger partial charge in [0.25, 0.3) is 0 Å². The average Bonchev–Trinajstić information content (AvgIpc) is 2.37. The summed E-state index contributed by atoms with van der Waals surface area (Å²) in [5.41, 5.74) is 0.243. The van der Waals surface area contributed by atoms with E-state index in [1.807, 2.05) is 45.0 Å². The minimum Gasteiger partial charge on any atom is -0.491 e. The molecule has 1 aromatic carbocycles. The molecule has 0 radical (unpaired) electrons. The fraction of sp³-hybridized carbons (Fsp3) is 0.533. The van der Waals surface area contributed by atoms with Crippen LogP contribution in [0.1, 0.15) is 20.8 Å². The van der Waals surface area contributed by atoms with E-state index in [0.29, 0.717) is 13.2 Å². The molecule has 0 aliphatic carbocycles. The van der Waals surface area contributed by atoms with Gasteiger partial charge in [0.2, 0.25) is 0 Å². The normalized spacial score (nSPS) is 11.1. The lowest BCUT2D eigenvalue weighted by atomic mass is 10.2. The molecule has 0 spiro atoms. The first-order valence-corrected chi connectivity index (χ1v) is 6.52. The van der Waals surface area contributed by atoms with Gasteiger partial charge in [-0.05, 0) is 45.0 Å². The molecule has 1 amide bonds. The Morgan fingerprint density at radius 1 is 1.15 bits per heavy atom. The van der Waals surface area contributed by atoms with Crippen LogP contribution in [-0.4, -0.2) is 39.1 Å². The van der Waals surface area contributed by atoms with Crippen LogP contribution < -0.4 is 9.64 Å². The van der Waals surface area contributed by atoms with Crippen molar-refractivity contribution in [2.75, 3.05) is 32.3 Å². The molecule has 0 saturated heterocycles. The highest BCUT2D eigenvalue weighted by atomic mass is 16.6. The van der Waals surface area contributed by atoms with Gasteiger partial charge < -0.3 is 14.2 Å². The van der Waals surface area contributed by atoms with E-state index in [-0.39, 0.29) is 6.09 Å². The van der Waals surface area contributed by atoms with Crippen molar-refractivity contribution >= 4 is 11.8 Å². The van der Waals surface area contributed by atoms with Gasteiger partial charge in [-0.15, -0.1) is 0 Å². The second kappa shape index (κ2) is 7.14. The van der Waals surface area contributed by atoms with Crippen molar-refractivity contribution in [3.8, 4) is 5.75 Å². The zero-order valence-electron chi connectivity index (χ0n) is 12.8. The van der Waals surface area contributed by atoms with Crippen LogP contribution in [0.4, 0.5) is 10.5 Å². The van der Waals surface area contributed by atoms with Crippen molar-refractivity contribution in [1.82, 2.24) is 0 Å². The zero-order chi connectivity index (χ0) is 15.2. The standard InChI is InChI=1S/C15H23NO4/c1-15(2,3)20-14(17)16(4)12-6-8-13(9-7-12)19-11-10-18-5/h6-9H,10-11H2,1-5H3. The summed E-state index contributed by atoms with van der Waals surface area (Å²) in [6, 6.07) is 7.25. The number of rotatable bonds is 5. The molecule has 112 valence electrons. The lowest BCUT2D eigenvalue weighted by molar-refractivity contribution is 0.0589. The third kappa shape index (κ3) is 5.48. The van der Waals surface area contributed by atoms with Crippen molar-refractivity contribution in [3.05, 3.63) is 24.3 Å². The molecular formula is C15H23NO4. The highest BCUT2D eigenvalue weighted by molar-refractivity contribution is 5.87. The van der Waals surface area contributed by atoms with Gasteiger partial charge in [0.15, 0.2) is 0 Å². The van der Waals surface area contributed by atoms with Crippen molar-refractivity contribution in [1.29, 1.82) is 0 Å². The molecule has 0 aromatic heterocycles. The van der Waals surface area contributed by atoms with E-state index in [9.17, 15) is 4.79 Å². The Kier molecular flexibility index (Phi) is 5.82. The van der Waals surface area contributed by atoms with E-state index in [0.717, 1.165) is 11.4 Å². The summed E-state index contributed by atoms with van der Waals surface area (Å²) in [5.74, 6) is 0.739. The highest BCUT2D eigenvalue weighted by Gasteiger charge is 2.20. The number of carbonyl (C=O) groups excluding carboxylic acids is 1. The van der Waals surface area contributed by atoms with Crippen LogP contribution in [0.2, 0.25) is 0 Å². The molecule has 1 rings (SSSR count). The van der Waals surface area contributed by atoms with Crippen molar-refractivity contribution < 1.29 is 19.0 Å². The van der Waals surface area contributed by atoms with Gasteiger partial charge >= 0.3 is 6.09 Å². The molecule has 0 bridgehead atoms. The van der Waals surface area contributed by atoms with Crippen molar-refractivity contribution in [3.63, 3.8) is 0 Å². The molecule has 0 atom stereocenters. The van der Waals surface area contributed by atoms with Crippen LogP contribution in [0.25, 0.3) is 0 Å². The maximum Gasteiger partial charge on any atom is 0.414 e. The minimum atomic E-state index is -0.505. The molecule has 0 heterocycles. The van der Waals surface area contributed by atoms with Gasteiger partial charge in [-0.25, -0.2) is 4.79 Å². The molecule has 1 aromatic rings. The van der Waals surface area contributed by atoms with E-state index in [1.54, 1.807) is 14.2 Å². The predicted octanol–water partition coefficient (Wildman–Crippen LogP) is 3.08.